The number of carbonyl (C=O) groups excluding carboxylic acids is 1. The lowest BCUT2D eigenvalue weighted by Gasteiger charge is -2.34. The number of benzene rings is 1. The summed E-state index contributed by atoms with van der Waals surface area (Å²) in [4.78, 5) is 23.1. The Kier molecular flexibility index (Phi) is 7.84. The monoisotopic (exact) mass is 464 g/mol. The Labute approximate surface area is 183 Å². The van der Waals surface area contributed by atoms with Gasteiger partial charge in [-0.1, -0.05) is 0 Å². The van der Waals surface area contributed by atoms with Crippen molar-refractivity contribution < 1.29 is 41.7 Å². The van der Waals surface area contributed by atoms with E-state index in [9.17, 15) is 27.2 Å². The van der Waals surface area contributed by atoms with Crippen molar-refractivity contribution >= 4 is 17.7 Å². The number of aromatic carboxylic acids is 1. The van der Waals surface area contributed by atoms with Gasteiger partial charge in [-0.15, -0.1) is 13.2 Å². The molecule has 0 aromatic heterocycles. The quantitative estimate of drug-likeness (QED) is 0.494. The molecule has 0 heterocycles. The van der Waals surface area contributed by atoms with E-state index in [0.29, 0.717) is 31.7 Å². The molecule has 7 nitrogen and oxygen atoms in total. The minimum Gasteiger partial charge on any atom is -0.478 e. The van der Waals surface area contributed by atoms with Crippen LogP contribution >= 0.6 is 0 Å². The molecule has 0 aliphatic heterocycles. The summed E-state index contributed by atoms with van der Waals surface area (Å²) in [6, 6.07) is 0.896. The topological polar surface area (TPSA) is 96.9 Å². The van der Waals surface area contributed by atoms with E-state index < -0.39 is 47.2 Å². The van der Waals surface area contributed by atoms with Crippen LogP contribution in [0.4, 0.5) is 28.0 Å². The van der Waals surface area contributed by atoms with Crippen LogP contribution in [0.1, 0.15) is 63.7 Å². The lowest BCUT2D eigenvalue weighted by Crippen LogP contribution is -2.42. The van der Waals surface area contributed by atoms with Gasteiger partial charge in [0.05, 0.1) is 11.3 Å². The van der Waals surface area contributed by atoms with Gasteiger partial charge in [-0.25, -0.2) is 14.0 Å². The van der Waals surface area contributed by atoms with Gasteiger partial charge in [0.2, 0.25) is 0 Å². The number of alkyl carbamates (subject to hydrolysis) is 1. The molecule has 180 valence electrons. The number of halogens is 4. The predicted molar refractivity (Wildman–Crippen MR) is 108 cm³/mol. The van der Waals surface area contributed by atoms with E-state index in [0.717, 1.165) is 6.07 Å². The average Bonchev–Trinajstić information content (AvgIpc) is 2.62. The number of amides is 1. The zero-order valence-electron chi connectivity index (χ0n) is 18.3. The van der Waals surface area contributed by atoms with Crippen LogP contribution < -0.4 is 15.4 Å². The van der Waals surface area contributed by atoms with Crippen molar-refractivity contribution in [2.45, 2.75) is 77.4 Å². The molecule has 1 aliphatic rings. The standard InChI is InChI=1S/C21H28F4N2O5/c1-11(12-5-7-14(8-6-12)27-19(30)32-20(2,3)4)26-16-10-13(18(28)29)9-15(22)17(16)31-21(23,24)25/h9-12,14,26H,5-8H2,1-4H3,(H,27,30)(H,28,29)/t11-,12?,14?/m0/s1. The van der Waals surface area contributed by atoms with Crippen LogP contribution in [0.3, 0.4) is 0 Å². The van der Waals surface area contributed by atoms with Gasteiger partial charge >= 0.3 is 18.4 Å². The zero-order valence-corrected chi connectivity index (χ0v) is 18.3. The first-order chi connectivity index (χ1) is 14.6. The molecule has 1 atom stereocenters. The third-order valence-electron chi connectivity index (χ3n) is 5.09. The third-order valence-corrected chi connectivity index (χ3v) is 5.09. The number of hydrogen-bond acceptors (Lipinski definition) is 5. The molecule has 0 unspecified atom stereocenters. The molecule has 1 aromatic carbocycles. The molecule has 0 radical (unpaired) electrons. The van der Waals surface area contributed by atoms with Gasteiger partial charge in [0.25, 0.3) is 0 Å². The van der Waals surface area contributed by atoms with E-state index in [1.165, 1.54) is 0 Å². The summed E-state index contributed by atoms with van der Waals surface area (Å²) in [5, 5.41) is 14.7. The molecular formula is C21H28F4N2O5. The number of carboxylic acids is 1. The number of nitrogens with one attached hydrogen (secondary N) is 2. The van der Waals surface area contributed by atoms with E-state index >= 15 is 0 Å². The molecule has 0 saturated heterocycles. The van der Waals surface area contributed by atoms with Gasteiger partial charge in [0.1, 0.15) is 5.60 Å². The van der Waals surface area contributed by atoms with E-state index in [1.807, 2.05) is 0 Å². The molecule has 11 heteroatoms. The number of anilines is 1. The molecule has 0 bridgehead atoms. The first-order valence-corrected chi connectivity index (χ1v) is 10.2. The van der Waals surface area contributed by atoms with Crippen LogP contribution in [-0.4, -0.2) is 41.2 Å². The number of carboxylic acid groups (broad SMARTS) is 1. The van der Waals surface area contributed by atoms with E-state index in [4.69, 9.17) is 9.84 Å². The van der Waals surface area contributed by atoms with Crippen molar-refractivity contribution in [1.82, 2.24) is 5.32 Å². The van der Waals surface area contributed by atoms with Crippen molar-refractivity contribution in [3.8, 4) is 5.75 Å². The van der Waals surface area contributed by atoms with Gasteiger partial charge < -0.3 is 25.2 Å². The van der Waals surface area contributed by atoms with Crippen LogP contribution in [0.15, 0.2) is 12.1 Å². The Balaban J connectivity index is 2.05. The molecule has 3 N–H and O–H groups in total. The molecule has 2 rings (SSSR count). The first-order valence-electron chi connectivity index (χ1n) is 10.2. The highest BCUT2D eigenvalue weighted by molar-refractivity contribution is 5.89. The number of carbonyl (C=O) groups is 2. The third kappa shape index (κ3) is 7.76. The van der Waals surface area contributed by atoms with Gasteiger partial charge in [-0.2, -0.15) is 0 Å². The van der Waals surface area contributed by atoms with Crippen molar-refractivity contribution in [3.63, 3.8) is 0 Å². The van der Waals surface area contributed by atoms with Crippen LogP contribution in [0.25, 0.3) is 0 Å². The van der Waals surface area contributed by atoms with Crippen LogP contribution in [0, 0.1) is 11.7 Å². The second-order valence-electron chi connectivity index (χ2n) is 8.88. The Morgan fingerprint density at radius 2 is 1.72 bits per heavy atom. The molecule has 1 aliphatic carbocycles. The Morgan fingerprint density at radius 3 is 2.22 bits per heavy atom. The van der Waals surface area contributed by atoms with Crippen molar-refractivity contribution in [2.75, 3.05) is 5.32 Å². The summed E-state index contributed by atoms with van der Waals surface area (Å²) in [6.07, 6.45) is -3.11. The zero-order chi connectivity index (χ0) is 24.3. The highest BCUT2D eigenvalue weighted by Crippen LogP contribution is 2.36. The number of alkyl halides is 3. The van der Waals surface area contributed by atoms with Crippen molar-refractivity contribution in [2.24, 2.45) is 5.92 Å². The van der Waals surface area contributed by atoms with E-state index in [-0.39, 0.29) is 17.6 Å². The molecule has 32 heavy (non-hydrogen) atoms. The molecule has 1 saturated carbocycles. The maximum Gasteiger partial charge on any atom is 0.573 e. The summed E-state index contributed by atoms with van der Waals surface area (Å²) in [5.74, 6) is -4.01. The average molecular weight is 464 g/mol. The number of rotatable bonds is 6. The molecule has 1 fully saturated rings. The van der Waals surface area contributed by atoms with E-state index in [1.54, 1.807) is 27.7 Å². The summed E-state index contributed by atoms with van der Waals surface area (Å²) >= 11 is 0. The van der Waals surface area contributed by atoms with Crippen molar-refractivity contribution in [1.29, 1.82) is 0 Å². The highest BCUT2D eigenvalue weighted by atomic mass is 19.4. The minimum atomic E-state index is -5.14. The molecule has 0 spiro atoms. The van der Waals surface area contributed by atoms with Gasteiger partial charge in [-0.3, -0.25) is 0 Å². The summed E-state index contributed by atoms with van der Waals surface area (Å²) in [6.45, 7) is 7.00. The fraction of sp³-hybridized carbons (Fsp3) is 0.619. The smallest absolute Gasteiger partial charge is 0.478 e. The Morgan fingerprint density at radius 1 is 1.12 bits per heavy atom. The van der Waals surface area contributed by atoms with Crippen molar-refractivity contribution in [3.05, 3.63) is 23.5 Å². The lowest BCUT2D eigenvalue weighted by atomic mass is 9.82. The summed E-state index contributed by atoms with van der Waals surface area (Å²) in [7, 11) is 0. The number of hydrogen-bond donors (Lipinski definition) is 3. The largest absolute Gasteiger partial charge is 0.573 e. The fourth-order valence-electron chi connectivity index (χ4n) is 3.64. The van der Waals surface area contributed by atoms with Gasteiger partial charge in [0.15, 0.2) is 11.6 Å². The van der Waals surface area contributed by atoms with Gasteiger partial charge in [0, 0.05) is 12.1 Å². The fourth-order valence-corrected chi connectivity index (χ4v) is 3.64. The molecule has 1 amide bonds. The number of ether oxygens (including phenoxy) is 2. The normalized spacial score (nSPS) is 20.2. The molecular weight excluding hydrogens is 436 g/mol. The highest BCUT2D eigenvalue weighted by Gasteiger charge is 2.35. The van der Waals surface area contributed by atoms with E-state index in [2.05, 4.69) is 15.4 Å². The molecule has 1 aromatic rings. The SMILES string of the molecule is C[C@H](Nc1cc(C(=O)O)cc(F)c1OC(F)(F)F)C1CCC(NC(=O)OC(C)(C)C)CC1. The minimum absolute atomic E-state index is 0.00182. The first kappa shape index (κ1) is 25.5. The Hall–Kier alpha value is -2.72. The predicted octanol–water partition coefficient (Wildman–Crippen LogP) is 5.31. The maximum atomic E-state index is 14.2. The van der Waals surface area contributed by atoms with Gasteiger partial charge in [-0.05, 0) is 71.4 Å². The van der Waals surface area contributed by atoms with Crippen LogP contribution in [0.2, 0.25) is 0 Å². The summed E-state index contributed by atoms with van der Waals surface area (Å²) < 4.78 is 61.4. The Bertz CT molecular complexity index is 831. The lowest BCUT2D eigenvalue weighted by molar-refractivity contribution is -0.275. The second-order valence-corrected chi connectivity index (χ2v) is 8.88. The van der Waals surface area contributed by atoms with Crippen LogP contribution in [-0.2, 0) is 4.74 Å². The second kappa shape index (κ2) is 9.83. The summed E-state index contributed by atoms with van der Waals surface area (Å²) in [5.41, 5.74) is -1.51. The van der Waals surface area contributed by atoms with Crippen LogP contribution in [0.5, 0.6) is 5.75 Å². The maximum absolute atomic E-state index is 14.2.